The van der Waals surface area contributed by atoms with Crippen molar-refractivity contribution < 1.29 is 23.8 Å². The second-order valence-corrected chi connectivity index (χ2v) is 10.4. The standard InChI is InChI=1S/C29H36N4O5/c1-29(2,3)38-28(35)31-15-6-16-33-23(20-31)17-26(30-33)27(34)32(18-21-7-11-24(36-4)12-8-21)19-22-9-13-25(37-5)14-10-22/h7-14,17H,6,15-16,18-20H2,1-5H3. The minimum atomic E-state index is -0.575. The van der Waals surface area contributed by atoms with Gasteiger partial charge in [-0.15, -0.1) is 0 Å². The fraction of sp³-hybridized carbons (Fsp3) is 0.414. The maximum atomic E-state index is 13.8. The molecule has 2 amide bonds. The zero-order valence-electron chi connectivity index (χ0n) is 22.8. The Balaban J connectivity index is 1.57. The number of ether oxygens (including phenoxy) is 3. The summed E-state index contributed by atoms with van der Waals surface area (Å²) in [6.45, 7) is 7.90. The summed E-state index contributed by atoms with van der Waals surface area (Å²) in [5.41, 5.74) is 2.54. The molecule has 1 aromatic heterocycles. The summed E-state index contributed by atoms with van der Waals surface area (Å²) in [5.74, 6) is 1.34. The molecule has 9 heteroatoms. The predicted octanol–water partition coefficient (Wildman–Crippen LogP) is 4.88. The first-order valence-corrected chi connectivity index (χ1v) is 12.7. The molecule has 0 atom stereocenters. The Hall–Kier alpha value is -4.01. The zero-order chi connectivity index (χ0) is 27.3. The smallest absolute Gasteiger partial charge is 0.410 e. The average Bonchev–Trinajstić information content (AvgIpc) is 3.18. The Labute approximate surface area is 223 Å². The lowest BCUT2D eigenvalue weighted by atomic mass is 10.1. The van der Waals surface area contributed by atoms with E-state index in [9.17, 15) is 9.59 Å². The van der Waals surface area contributed by atoms with Gasteiger partial charge in [-0.1, -0.05) is 24.3 Å². The van der Waals surface area contributed by atoms with E-state index in [4.69, 9.17) is 14.2 Å². The molecule has 0 bridgehead atoms. The highest BCUT2D eigenvalue weighted by Crippen LogP contribution is 2.21. The first-order chi connectivity index (χ1) is 18.1. The molecule has 0 saturated carbocycles. The van der Waals surface area contributed by atoms with E-state index in [0.717, 1.165) is 34.7 Å². The molecule has 2 heterocycles. The van der Waals surface area contributed by atoms with Gasteiger partial charge in [0.2, 0.25) is 0 Å². The number of rotatable bonds is 7. The first-order valence-electron chi connectivity index (χ1n) is 12.7. The third kappa shape index (κ3) is 6.85. The molecule has 0 saturated heterocycles. The summed E-state index contributed by atoms with van der Waals surface area (Å²) >= 11 is 0. The van der Waals surface area contributed by atoms with Crippen LogP contribution < -0.4 is 9.47 Å². The quantitative estimate of drug-likeness (QED) is 0.441. The highest BCUT2D eigenvalue weighted by Gasteiger charge is 2.27. The molecule has 0 aliphatic carbocycles. The maximum Gasteiger partial charge on any atom is 0.410 e. The van der Waals surface area contributed by atoms with Gasteiger partial charge < -0.3 is 24.0 Å². The monoisotopic (exact) mass is 520 g/mol. The summed E-state index contributed by atoms with van der Waals surface area (Å²) in [5, 5.41) is 4.64. The number of aryl methyl sites for hydroxylation is 1. The van der Waals surface area contributed by atoms with Gasteiger partial charge in [-0.05, 0) is 68.7 Å². The maximum absolute atomic E-state index is 13.8. The topological polar surface area (TPSA) is 86.1 Å². The summed E-state index contributed by atoms with van der Waals surface area (Å²) in [7, 11) is 3.25. The van der Waals surface area contributed by atoms with Gasteiger partial charge in [0, 0.05) is 26.2 Å². The van der Waals surface area contributed by atoms with Gasteiger partial charge >= 0.3 is 6.09 Å². The van der Waals surface area contributed by atoms with Gasteiger partial charge in [0.1, 0.15) is 17.1 Å². The minimum Gasteiger partial charge on any atom is -0.497 e. The van der Waals surface area contributed by atoms with Crippen LogP contribution >= 0.6 is 0 Å². The fourth-order valence-corrected chi connectivity index (χ4v) is 4.31. The van der Waals surface area contributed by atoms with E-state index in [1.807, 2.05) is 74.0 Å². The molecule has 0 spiro atoms. The van der Waals surface area contributed by atoms with Gasteiger partial charge in [-0.2, -0.15) is 5.10 Å². The summed E-state index contributed by atoms with van der Waals surface area (Å²) in [6, 6.07) is 17.1. The molecule has 3 aromatic rings. The zero-order valence-corrected chi connectivity index (χ0v) is 22.8. The van der Waals surface area contributed by atoms with Crippen LogP contribution in [-0.2, 0) is 30.9 Å². The van der Waals surface area contributed by atoms with Gasteiger partial charge in [0.05, 0.1) is 26.5 Å². The lowest BCUT2D eigenvalue weighted by molar-refractivity contribution is 0.0236. The SMILES string of the molecule is COc1ccc(CN(Cc2ccc(OC)cc2)C(=O)c2cc3n(n2)CCCN(C(=O)OC(C)(C)C)C3)cc1. The average molecular weight is 521 g/mol. The predicted molar refractivity (Wildman–Crippen MR) is 143 cm³/mol. The van der Waals surface area contributed by atoms with Crippen LogP contribution in [0.15, 0.2) is 54.6 Å². The van der Waals surface area contributed by atoms with Crippen molar-refractivity contribution in [2.45, 2.75) is 59.0 Å². The van der Waals surface area contributed by atoms with Crippen LogP contribution in [0.2, 0.25) is 0 Å². The van der Waals surface area contributed by atoms with Crippen LogP contribution in [-0.4, -0.2) is 57.9 Å². The number of fused-ring (bicyclic) bond motifs is 1. The van der Waals surface area contributed by atoms with Crippen molar-refractivity contribution in [1.29, 1.82) is 0 Å². The van der Waals surface area contributed by atoms with Crippen LogP contribution in [0.3, 0.4) is 0 Å². The van der Waals surface area contributed by atoms with E-state index < -0.39 is 5.60 Å². The second kappa shape index (κ2) is 11.6. The van der Waals surface area contributed by atoms with Crippen molar-refractivity contribution in [3.8, 4) is 11.5 Å². The molecule has 0 unspecified atom stereocenters. The molecule has 1 aliphatic rings. The molecule has 202 valence electrons. The van der Waals surface area contributed by atoms with E-state index in [2.05, 4.69) is 5.10 Å². The summed E-state index contributed by atoms with van der Waals surface area (Å²) in [6.07, 6.45) is 0.365. The Kier molecular flexibility index (Phi) is 8.24. The number of benzene rings is 2. The van der Waals surface area contributed by atoms with Crippen LogP contribution in [0.25, 0.3) is 0 Å². The Bertz CT molecular complexity index is 1200. The van der Waals surface area contributed by atoms with Crippen LogP contribution in [0.1, 0.15) is 54.5 Å². The molecule has 9 nitrogen and oxygen atoms in total. The number of methoxy groups -OCH3 is 2. The highest BCUT2D eigenvalue weighted by molar-refractivity contribution is 5.92. The molecular weight excluding hydrogens is 484 g/mol. The fourth-order valence-electron chi connectivity index (χ4n) is 4.31. The molecule has 38 heavy (non-hydrogen) atoms. The van der Waals surface area contributed by atoms with Crippen molar-refractivity contribution in [3.05, 3.63) is 77.1 Å². The number of aromatic nitrogens is 2. The molecule has 0 fully saturated rings. The Morgan fingerprint density at radius 1 is 0.895 bits per heavy atom. The van der Waals surface area contributed by atoms with Gasteiger partial charge in [0.25, 0.3) is 5.91 Å². The van der Waals surface area contributed by atoms with Crippen LogP contribution in [0, 0.1) is 0 Å². The highest BCUT2D eigenvalue weighted by atomic mass is 16.6. The van der Waals surface area contributed by atoms with E-state index in [-0.39, 0.29) is 12.0 Å². The van der Waals surface area contributed by atoms with Crippen molar-refractivity contribution in [2.75, 3.05) is 20.8 Å². The third-order valence-electron chi connectivity index (χ3n) is 6.24. The Morgan fingerprint density at radius 3 is 1.95 bits per heavy atom. The largest absolute Gasteiger partial charge is 0.497 e. The molecule has 4 rings (SSSR count). The number of hydrogen-bond donors (Lipinski definition) is 0. The van der Waals surface area contributed by atoms with Crippen LogP contribution in [0.4, 0.5) is 4.79 Å². The van der Waals surface area contributed by atoms with E-state index in [1.54, 1.807) is 30.1 Å². The van der Waals surface area contributed by atoms with Gasteiger partial charge in [0.15, 0.2) is 5.69 Å². The molecule has 0 N–H and O–H groups in total. The van der Waals surface area contributed by atoms with Crippen molar-refractivity contribution in [3.63, 3.8) is 0 Å². The molecule has 0 radical (unpaired) electrons. The van der Waals surface area contributed by atoms with E-state index in [1.165, 1.54) is 0 Å². The Morgan fingerprint density at radius 2 is 1.45 bits per heavy atom. The molecule has 2 aromatic carbocycles. The number of hydrogen-bond acceptors (Lipinski definition) is 6. The minimum absolute atomic E-state index is 0.180. The molecule has 1 aliphatic heterocycles. The number of nitrogens with zero attached hydrogens (tertiary/aromatic N) is 4. The van der Waals surface area contributed by atoms with Crippen molar-refractivity contribution in [1.82, 2.24) is 19.6 Å². The normalized spacial score (nSPS) is 13.3. The lowest BCUT2D eigenvalue weighted by Gasteiger charge is -2.26. The van der Waals surface area contributed by atoms with Gasteiger partial charge in [-0.25, -0.2) is 4.79 Å². The van der Waals surface area contributed by atoms with Gasteiger partial charge in [-0.3, -0.25) is 9.48 Å². The number of amides is 2. The van der Waals surface area contributed by atoms with Crippen molar-refractivity contribution in [2.24, 2.45) is 0 Å². The third-order valence-corrected chi connectivity index (χ3v) is 6.24. The summed E-state index contributed by atoms with van der Waals surface area (Å²) < 4.78 is 18.0. The second-order valence-electron chi connectivity index (χ2n) is 10.4. The number of carbonyl (C=O) groups excluding carboxylic acids is 2. The van der Waals surface area contributed by atoms with Crippen LogP contribution in [0.5, 0.6) is 11.5 Å². The molecular formula is C29H36N4O5. The van der Waals surface area contributed by atoms with E-state index >= 15 is 0 Å². The number of carbonyl (C=O) groups is 2. The first kappa shape index (κ1) is 27.0. The summed E-state index contributed by atoms with van der Waals surface area (Å²) in [4.78, 5) is 30.0. The lowest BCUT2D eigenvalue weighted by Crippen LogP contribution is -2.36. The van der Waals surface area contributed by atoms with E-state index in [0.29, 0.717) is 38.4 Å². The van der Waals surface area contributed by atoms with Crippen molar-refractivity contribution >= 4 is 12.0 Å².